The SMILES string of the molecule is CCCCC(C)C(C)C(CCC)CCC(C)C. The lowest BCUT2D eigenvalue weighted by Crippen LogP contribution is -2.19. The quantitative estimate of drug-likeness (QED) is 0.420. The Labute approximate surface area is 111 Å². The summed E-state index contributed by atoms with van der Waals surface area (Å²) < 4.78 is 0. The number of hydrogen-bond donors (Lipinski definition) is 0. The maximum atomic E-state index is 2.50. The van der Waals surface area contributed by atoms with Gasteiger partial charge in [0.25, 0.3) is 0 Å². The van der Waals surface area contributed by atoms with Gasteiger partial charge in [0.15, 0.2) is 0 Å². The summed E-state index contributed by atoms with van der Waals surface area (Å²) in [7, 11) is 0. The van der Waals surface area contributed by atoms with Crippen LogP contribution in [0.2, 0.25) is 0 Å². The molecule has 0 aromatic carbocycles. The molecule has 0 N–H and O–H groups in total. The molecular formula is C17H36. The van der Waals surface area contributed by atoms with Crippen molar-refractivity contribution in [3.63, 3.8) is 0 Å². The number of unbranched alkanes of at least 4 members (excludes halogenated alkanes) is 1. The molecule has 0 aliphatic heterocycles. The van der Waals surface area contributed by atoms with Crippen LogP contribution in [-0.4, -0.2) is 0 Å². The van der Waals surface area contributed by atoms with Crippen molar-refractivity contribution in [2.24, 2.45) is 23.7 Å². The number of hydrogen-bond acceptors (Lipinski definition) is 0. The van der Waals surface area contributed by atoms with Crippen molar-refractivity contribution in [2.75, 3.05) is 0 Å². The van der Waals surface area contributed by atoms with E-state index in [9.17, 15) is 0 Å². The van der Waals surface area contributed by atoms with E-state index in [4.69, 9.17) is 0 Å². The van der Waals surface area contributed by atoms with Gasteiger partial charge in [-0.3, -0.25) is 0 Å². The maximum absolute atomic E-state index is 2.50. The van der Waals surface area contributed by atoms with Crippen LogP contribution in [0.5, 0.6) is 0 Å². The van der Waals surface area contributed by atoms with Gasteiger partial charge in [-0.15, -0.1) is 0 Å². The molecule has 0 fully saturated rings. The lowest BCUT2D eigenvalue weighted by atomic mass is 9.76. The molecule has 0 aliphatic carbocycles. The topological polar surface area (TPSA) is 0 Å². The van der Waals surface area contributed by atoms with Crippen molar-refractivity contribution in [3.05, 3.63) is 0 Å². The van der Waals surface area contributed by atoms with Crippen LogP contribution in [0.3, 0.4) is 0 Å². The first-order chi connectivity index (χ1) is 8.02. The van der Waals surface area contributed by atoms with Crippen molar-refractivity contribution < 1.29 is 0 Å². The minimum absolute atomic E-state index is 0.868. The Morgan fingerprint density at radius 2 is 1.35 bits per heavy atom. The van der Waals surface area contributed by atoms with Gasteiger partial charge in [-0.25, -0.2) is 0 Å². The molecule has 0 amide bonds. The standard InChI is InChI=1S/C17H36/c1-7-9-11-15(5)16(6)17(10-8-2)13-12-14(3)4/h14-17H,7-13H2,1-6H3. The molecule has 0 saturated heterocycles. The summed E-state index contributed by atoms with van der Waals surface area (Å²) in [5.41, 5.74) is 0. The van der Waals surface area contributed by atoms with Crippen LogP contribution in [0.1, 0.15) is 86.5 Å². The zero-order valence-electron chi connectivity index (χ0n) is 13.3. The third-order valence-corrected chi connectivity index (χ3v) is 4.43. The maximum Gasteiger partial charge on any atom is -0.0386 e. The lowest BCUT2D eigenvalue weighted by Gasteiger charge is -2.29. The van der Waals surface area contributed by atoms with Gasteiger partial charge in [-0.1, -0.05) is 80.1 Å². The zero-order valence-corrected chi connectivity index (χ0v) is 13.3. The third kappa shape index (κ3) is 7.84. The average Bonchev–Trinajstić information content (AvgIpc) is 2.30. The molecule has 3 unspecified atom stereocenters. The van der Waals surface area contributed by atoms with Gasteiger partial charge in [0.2, 0.25) is 0 Å². The molecule has 0 rings (SSSR count). The highest BCUT2D eigenvalue weighted by Crippen LogP contribution is 2.32. The number of rotatable bonds is 10. The first kappa shape index (κ1) is 17.0. The Morgan fingerprint density at radius 3 is 1.82 bits per heavy atom. The molecule has 0 spiro atoms. The molecule has 0 heteroatoms. The second kappa shape index (κ2) is 9.97. The summed E-state index contributed by atoms with van der Waals surface area (Å²) in [5.74, 6) is 3.67. The van der Waals surface area contributed by atoms with E-state index < -0.39 is 0 Å². The average molecular weight is 240 g/mol. The van der Waals surface area contributed by atoms with Crippen LogP contribution in [0.25, 0.3) is 0 Å². The van der Waals surface area contributed by atoms with E-state index in [1.807, 2.05) is 0 Å². The molecule has 0 nitrogen and oxygen atoms in total. The van der Waals surface area contributed by atoms with Gasteiger partial charge >= 0.3 is 0 Å². The predicted molar refractivity (Wildman–Crippen MR) is 80.3 cm³/mol. The summed E-state index contributed by atoms with van der Waals surface area (Å²) in [6.45, 7) is 14.3. The Bertz CT molecular complexity index is 159. The molecular weight excluding hydrogens is 204 g/mol. The first-order valence-corrected chi connectivity index (χ1v) is 8.02. The monoisotopic (exact) mass is 240 g/mol. The summed E-state index contributed by atoms with van der Waals surface area (Å²) in [4.78, 5) is 0. The van der Waals surface area contributed by atoms with Crippen molar-refractivity contribution in [2.45, 2.75) is 86.5 Å². The second-order valence-electron chi connectivity index (χ2n) is 6.50. The van der Waals surface area contributed by atoms with Crippen LogP contribution in [0.15, 0.2) is 0 Å². The molecule has 0 saturated carbocycles. The van der Waals surface area contributed by atoms with Gasteiger partial charge in [0.05, 0.1) is 0 Å². The molecule has 0 aliphatic rings. The molecule has 0 aromatic heterocycles. The van der Waals surface area contributed by atoms with Gasteiger partial charge in [0, 0.05) is 0 Å². The molecule has 104 valence electrons. The van der Waals surface area contributed by atoms with E-state index in [0.29, 0.717) is 0 Å². The molecule has 0 radical (unpaired) electrons. The first-order valence-electron chi connectivity index (χ1n) is 8.02. The highest BCUT2D eigenvalue weighted by atomic mass is 14.3. The van der Waals surface area contributed by atoms with Gasteiger partial charge in [0.1, 0.15) is 0 Å². The summed E-state index contributed by atoms with van der Waals surface area (Å²) in [6, 6.07) is 0. The largest absolute Gasteiger partial charge is 0.0654 e. The predicted octanol–water partition coefficient (Wildman–Crippen LogP) is 6.30. The van der Waals surface area contributed by atoms with Crippen LogP contribution in [0, 0.1) is 23.7 Å². The van der Waals surface area contributed by atoms with E-state index in [1.54, 1.807) is 0 Å². The van der Waals surface area contributed by atoms with E-state index >= 15 is 0 Å². The highest BCUT2D eigenvalue weighted by molar-refractivity contribution is 4.72. The Hall–Kier alpha value is 0. The third-order valence-electron chi connectivity index (χ3n) is 4.43. The van der Waals surface area contributed by atoms with E-state index in [1.165, 1.54) is 44.9 Å². The van der Waals surface area contributed by atoms with Crippen LogP contribution in [-0.2, 0) is 0 Å². The minimum Gasteiger partial charge on any atom is -0.0654 e. The molecule has 0 heterocycles. The summed E-state index contributed by atoms with van der Waals surface area (Å²) in [5, 5.41) is 0. The molecule has 3 atom stereocenters. The molecule has 0 bridgehead atoms. The van der Waals surface area contributed by atoms with E-state index in [2.05, 4.69) is 41.5 Å². The zero-order chi connectivity index (χ0) is 13.3. The summed E-state index contributed by atoms with van der Waals surface area (Å²) >= 11 is 0. The van der Waals surface area contributed by atoms with E-state index in [0.717, 1.165) is 23.7 Å². The fraction of sp³-hybridized carbons (Fsp3) is 1.00. The molecule has 0 aromatic rings. The van der Waals surface area contributed by atoms with Crippen molar-refractivity contribution in [1.29, 1.82) is 0 Å². The Balaban J connectivity index is 4.15. The van der Waals surface area contributed by atoms with Gasteiger partial charge in [-0.05, 0) is 30.1 Å². The normalized spacial score (nSPS) is 17.1. The highest BCUT2D eigenvalue weighted by Gasteiger charge is 2.21. The second-order valence-corrected chi connectivity index (χ2v) is 6.50. The van der Waals surface area contributed by atoms with Crippen LogP contribution in [0.4, 0.5) is 0 Å². The van der Waals surface area contributed by atoms with Crippen molar-refractivity contribution in [1.82, 2.24) is 0 Å². The van der Waals surface area contributed by atoms with Crippen LogP contribution < -0.4 is 0 Å². The lowest BCUT2D eigenvalue weighted by molar-refractivity contribution is 0.212. The minimum atomic E-state index is 0.868. The smallest absolute Gasteiger partial charge is 0.0386 e. The molecule has 17 heavy (non-hydrogen) atoms. The van der Waals surface area contributed by atoms with Crippen molar-refractivity contribution in [3.8, 4) is 0 Å². The summed E-state index contributed by atoms with van der Waals surface area (Å²) in [6.07, 6.45) is 9.84. The van der Waals surface area contributed by atoms with Gasteiger partial charge in [-0.2, -0.15) is 0 Å². The van der Waals surface area contributed by atoms with Gasteiger partial charge < -0.3 is 0 Å². The van der Waals surface area contributed by atoms with Crippen molar-refractivity contribution >= 4 is 0 Å². The fourth-order valence-corrected chi connectivity index (χ4v) is 2.84. The van der Waals surface area contributed by atoms with Crippen LogP contribution >= 0.6 is 0 Å². The fourth-order valence-electron chi connectivity index (χ4n) is 2.84. The Morgan fingerprint density at radius 1 is 0.706 bits per heavy atom. The Kier molecular flexibility index (Phi) is 9.97. The van der Waals surface area contributed by atoms with E-state index in [-0.39, 0.29) is 0 Å².